The average Bonchev–Trinajstić information content (AvgIpc) is 3.32. The van der Waals surface area contributed by atoms with Crippen molar-refractivity contribution in [3.8, 4) is 23.0 Å². The number of hydrogen-bond acceptors (Lipinski definition) is 8. The van der Waals surface area contributed by atoms with Crippen molar-refractivity contribution in [1.82, 2.24) is 19.4 Å². The van der Waals surface area contributed by atoms with Crippen molar-refractivity contribution in [2.24, 2.45) is 0 Å². The van der Waals surface area contributed by atoms with Gasteiger partial charge in [0.1, 0.15) is 0 Å². The Morgan fingerprint density at radius 2 is 1.66 bits per heavy atom. The van der Waals surface area contributed by atoms with Crippen molar-refractivity contribution in [2.75, 3.05) is 46.9 Å². The summed E-state index contributed by atoms with van der Waals surface area (Å²) >= 11 is 0. The first-order valence-corrected chi connectivity index (χ1v) is 11.8. The summed E-state index contributed by atoms with van der Waals surface area (Å²) in [6.07, 6.45) is 0.613. The van der Waals surface area contributed by atoms with Crippen LogP contribution < -0.4 is 9.47 Å². The van der Waals surface area contributed by atoms with Crippen LogP contribution in [-0.2, 0) is 16.4 Å². The van der Waals surface area contributed by atoms with Crippen molar-refractivity contribution in [3.05, 3.63) is 54.4 Å². The molecule has 1 aliphatic heterocycles. The predicted molar refractivity (Wildman–Crippen MR) is 118 cm³/mol. The van der Waals surface area contributed by atoms with Crippen LogP contribution in [0.25, 0.3) is 11.5 Å². The van der Waals surface area contributed by atoms with Crippen LogP contribution in [0.2, 0.25) is 0 Å². The normalized spacial score (nSPS) is 15.6. The van der Waals surface area contributed by atoms with Crippen LogP contribution in [0.1, 0.15) is 5.89 Å². The van der Waals surface area contributed by atoms with E-state index in [1.807, 2.05) is 30.3 Å². The van der Waals surface area contributed by atoms with Gasteiger partial charge >= 0.3 is 0 Å². The number of methoxy groups -OCH3 is 2. The molecular weight excluding hydrogens is 432 g/mol. The lowest BCUT2D eigenvalue weighted by Crippen LogP contribution is -2.49. The van der Waals surface area contributed by atoms with E-state index in [2.05, 4.69) is 15.1 Å². The average molecular weight is 459 g/mol. The van der Waals surface area contributed by atoms with Crippen LogP contribution in [0.4, 0.5) is 0 Å². The van der Waals surface area contributed by atoms with Gasteiger partial charge in [-0.15, -0.1) is 10.2 Å². The number of nitrogens with zero attached hydrogens (tertiary/aromatic N) is 4. The van der Waals surface area contributed by atoms with Gasteiger partial charge in [0.25, 0.3) is 0 Å². The summed E-state index contributed by atoms with van der Waals surface area (Å²) in [6, 6.07) is 14.3. The Hall–Kier alpha value is -2.95. The molecule has 32 heavy (non-hydrogen) atoms. The third-order valence-corrected chi connectivity index (χ3v) is 7.35. The molecule has 0 saturated carbocycles. The molecule has 2 aromatic carbocycles. The highest BCUT2D eigenvalue weighted by Gasteiger charge is 2.29. The molecule has 1 aliphatic rings. The molecule has 4 rings (SSSR count). The van der Waals surface area contributed by atoms with E-state index < -0.39 is 10.0 Å². The second-order valence-corrected chi connectivity index (χ2v) is 9.32. The third-order valence-electron chi connectivity index (χ3n) is 5.45. The molecule has 0 unspecified atom stereocenters. The number of ether oxygens (including phenoxy) is 2. The molecule has 10 heteroatoms. The first-order valence-electron chi connectivity index (χ1n) is 10.3. The summed E-state index contributed by atoms with van der Waals surface area (Å²) < 4.78 is 43.8. The first-order chi connectivity index (χ1) is 15.5. The molecule has 0 aliphatic carbocycles. The molecule has 1 aromatic heterocycles. The zero-order valence-corrected chi connectivity index (χ0v) is 18.9. The van der Waals surface area contributed by atoms with Crippen molar-refractivity contribution in [1.29, 1.82) is 0 Å². The molecule has 170 valence electrons. The van der Waals surface area contributed by atoms with Gasteiger partial charge in [-0.2, -0.15) is 4.31 Å². The topological polar surface area (TPSA) is 98.0 Å². The van der Waals surface area contributed by atoms with Gasteiger partial charge in [-0.25, -0.2) is 8.42 Å². The van der Waals surface area contributed by atoms with E-state index >= 15 is 0 Å². The number of rotatable bonds is 8. The van der Waals surface area contributed by atoms with Gasteiger partial charge in [-0.05, 0) is 24.3 Å². The summed E-state index contributed by atoms with van der Waals surface area (Å²) in [7, 11) is -0.606. The smallest absolute Gasteiger partial charge is 0.247 e. The second kappa shape index (κ2) is 9.68. The van der Waals surface area contributed by atoms with Crippen molar-refractivity contribution in [3.63, 3.8) is 0 Å². The molecule has 0 amide bonds. The number of sulfonamides is 1. The van der Waals surface area contributed by atoms with E-state index in [1.54, 1.807) is 12.1 Å². The maximum atomic E-state index is 13.1. The SMILES string of the molecule is COc1ccc(S(=O)(=O)N2CCN(CCc3nnc(-c4ccccc4)o3)CC2)cc1OC. The molecule has 0 atom stereocenters. The van der Waals surface area contributed by atoms with Gasteiger partial charge in [-0.3, -0.25) is 0 Å². The molecule has 1 saturated heterocycles. The molecule has 0 bridgehead atoms. The standard InChI is InChI=1S/C22H26N4O5S/c1-29-19-9-8-18(16-20(19)30-2)32(27,28)26-14-12-25(13-15-26)11-10-21-23-24-22(31-21)17-6-4-3-5-7-17/h3-9,16H,10-15H2,1-2H3. The lowest BCUT2D eigenvalue weighted by atomic mass is 10.2. The maximum Gasteiger partial charge on any atom is 0.247 e. The van der Waals surface area contributed by atoms with E-state index in [-0.39, 0.29) is 4.90 Å². The summed E-state index contributed by atoms with van der Waals surface area (Å²) in [5.74, 6) is 1.96. The number of hydrogen-bond donors (Lipinski definition) is 0. The van der Waals surface area contributed by atoms with E-state index in [0.29, 0.717) is 55.9 Å². The Balaban J connectivity index is 1.33. The van der Waals surface area contributed by atoms with Crippen molar-refractivity contribution < 1.29 is 22.3 Å². The molecule has 1 fully saturated rings. The van der Waals surface area contributed by atoms with Gasteiger partial charge in [-0.1, -0.05) is 18.2 Å². The minimum atomic E-state index is -3.61. The lowest BCUT2D eigenvalue weighted by molar-refractivity contribution is 0.187. The Morgan fingerprint density at radius 1 is 0.938 bits per heavy atom. The Kier molecular flexibility index (Phi) is 6.73. The van der Waals surface area contributed by atoms with Crippen LogP contribution in [0.5, 0.6) is 11.5 Å². The maximum absolute atomic E-state index is 13.1. The zero-order valence-electron chi connectivity index (χ0n) is 18.1. The fourth-order valence-corrected chi connectivity index (χ4v) is 5.06. The van der Waals surface area contributed by atoms with E-state index in [4.69, 9.17) is 13.9 Å². The summed E-state index contributed by atoms with van der Waals surface area (Å²) in [5.41, 5.74) is 0.889. The quantitative estimate of drug-likeness (QED) is 0.507. The molecule has 0 spiro atoms. The van der Waals surface area contributed by atoms with Crippen molar-refractivity contribution in [2.45, 2.75) is 11.3 Å². The Bertz CT molecular complexity index is 1140. The minimum Gasteiger partial charge on any atom is -0.493 e. The molecule has 0 radical (unpaired) electrons. The van der Waals surface area contributed by atoms with Gasteiger partial charge < -0.3 is 18.8 Å². The second-order valence-electron chi connectivity index (χ2n) is 7.38. The monoisotopic (exact) mass is 458 g/mol. The van der Waals surface area contributed by atoms with Gasteiger partial charge in [0, 0.05) is 50.8 Å². The van der Waals surface area contributed by atoms with Crippen LogP contribution >= 0.6 is 0 Å². The fraction of sp³-hybridized carbons (Fsp3) is 0.364. The third kappa shape index (κ3) is 4.77. The van der Waals surface area contributed by atoms with Gasteiger partial charge in [0.05, 0.1) is 19.1 Å². The highest BCUT2D eigenvalue weighted by Crippen LogP contribution is 2.31. The molecule has 9 nitrogen and oxygen atoms in total. The van der Waals surface area contributed by atoms with Crippen LogP contribution in [-0.4, -0.2) is 74.8 Å². The molecular formula is C22H26N4O5S. The van der Waals surface area contributed by atoms with Crippen molar-refractivity contribution >= 4 is 10.0 Å². The zero-order chi connectivity index (χ0) is 22.6. The molecule has 3 aromatic rings. The van der Waals surface area contributed by atoms with Gasteiger partial charge in [0.2, 0.25) is 21.8 Å². The summed E-state index contributed by atoms with van der Waals surface area (Å²) in [6.45, 7) is 2.81. The Labute approximate surface area is 187 Å². The van der Waals surface area contributed by atoms with Crippen LogP contribution in [0.15, 0.2) is 57.8 Å². The largest absolute Gasteiger partial charge is 0.493 e. The van der Waals surface area contributed by atoms with E-state index in [0.717, 1.165) is 12.1 Å². The highest BCUT2D eigenvalue weighted by atomic mass is 32.2. The predicted octanol–water partition coefficient (Wildman–Crippen LogP) is 2.30. The summed E-state index contributed by atoms with van der Waals surface area (Å²) in [5, 5.41) is 8.24. The summed E-state index contributed by atoms with van der Waals surface area (Å²) in [4.78, 5) is 2.40. The van der Waals surface area contributed by atoms with Crippen LogP contribution in [0, 0.1) is 0 Å². The number of aromatic nitrogens is 2. The molecule has 2 heterocycles. The number of piperazine rings is 1. The fourth-order valence-electron chi connectivity index (χ4n) is 3.63. The van der Waals surface area contributed by atoms with E-state index in [9.17, 15) is 8.42 Å². The molecule has 0 N–H and O–H groups in total. The number of benzene rings is 2. The minimum absolute atomic E-state index is 0.197. The van der Waals surface area contributed by atoms with E-state index in [1.165, 1.54) is 24.6 Å². The first kappa shape index (κ1) is 22.3. The van der Waals surface area contributed by atoms with Gasteiger partial charge in [0.15, 0.2) is 11.5 Å². The highest BCUT2D eigenvalue weighted by molar-refractivity contribution is 7.89. The van der Waals surface area contributed by atoms with Crippen LogP contribution in [0.3, 0.4) is 0 Å². The lowest BCUT2D eigenvalue weighted by Gasteiger charge is -2.33. The Morgan fingerprint density at radius 3 is 2.34 bits per heavy atom.